The van der Waals surface area contributed by atoms with Crippen molar-refractivity contribution >= 4 is 8.07 Å². The third kappa shape index (κ3) is 4.17. The van der Waals surface area contributed by atoms with Crippen LogP contribution in [0.25, 0.3) is 0 Å². The lowest BCUT2D eigenvalue weighted by atomic mass is 10.1. The van der Waals surface area contributed by atoms with E-state index in [1.54, 1.807) is 0 Å². The molecule has 2 nitrogen and oxygen atoms in total. The van der Waals surface area contributed by atoms with Crippen LogP contribution in [-0.2, 0) is 6.54 Å². The predicted octanol–water partition coefficient (Wildman–Crippen LogP) is 2.83. The van der Waals surface area contributed by atoms with Crippen molar-refractivity contribution in [3.05, 3.63) is 34.9 Å². The average Bonchev–Trinajstić information content (AvgIpc) is 2.16. The summed E-state index contributed by atoms with van der Waals surface area (Å²) in [6.07, 6.45) is 1.13. The fraction of sp³-hybridized carbons (Fsp3) is 0.462. The lowest BCUT2D eigenvalue weighted by molar-refractivity contribution is 0.776. The minimum Gasteiger partial charge on any atom is -0.315 e. The van der Waals surface area contributed by atoms with Crippen molar-refractivity contribution in [3.8, 4) is 6.07 Å². The highest BCUT2D eigenvalue weighted by molar-refractivity contribution is 6.76. The number of hydrogen-bond donors (Lipinski definition) is 1. The molecule has 0 bridgehead atoms. The molecule has 3 heteroatoms. The van der Waals surface area contributed by atoms with Crippen molar-refractivity contribution in [2.24, 2.45) is 0 Å². The number of hydrogen-bond acceptors (Lipinski definition) is 2. The molecule has 1 rings (SSSR count). The highest BCUT2D eigenvalue weighted by Crippen LogP contribution is 2.10. The molecule has 0 spiro atoms. The van der Waals surface area contributed by atoms with Crippen LogP contribution in [0.3, 0.4) is 0 Å². The van der Waals surface area contributed by atoms with Gasteiger partial charge in [-0.15, -0.1) is 0 Å². The van der Waals surface area contributed by atoms with Crippen molar-refractivity contribution in [1.82, 2.24) is 5.32 Å². The monoisotopic (exact) mass is 232 g/mol. The van der Waals surface area contributed by atoms with E-state index in [9.17, 15) is 0 Å². The first-order chi connectivity index (χ1) is 7.42. The van der Waals surface area contributed by atoms with Gasteiger partial charge in [0.25, 0.3) is 0 Å². The molecule has 0 aromatic heterocycles. The van der Waals surface area contributed by atoms with Crippen LogP contribution in [0, 0.1) is 18.3 Å². The lowest BCUT2D eigenvalue weighted by Crippen LogP contribution is -2.36. The van der Waals surface area contributed by atoms with E-state index in [4.69, 9.17) is 5.26 Å². The van der Waals surface area contributed by atoms with Crippen LogP contribution in [-0.4, -0.2) is 14.2 Å². The van der Waals surface area contributed by atoms with Gasteiger partial charge in [0.15, 0.2) is 0 Å². The van der Waals surface area contributed by atoms with Gasteiger partial charge in [0.05, 0.1) is 19.7 Å². The molecule has 1 aromatic rings. The second-order valence-corrected chi connectivity index (χ2v) is 10.9. The molecular formula is C13H20N2Si. The largest absolute Gasteiger partial charge is 0.315 e. The smallest absolute Gasteiger partial charge is 0.0994 e. The molecule has 0 amide bonds. The average molecular weight is 232 g/mol. The summed E-state index contributed by atoms with van der Waals surface area (Å²) in [4.78, 5) is 0. The van der Waals surface area contributed by atoms with Crippen LogP contribution < -0.4 is 5.32 Å². The molecule has 0 unspecified atom stereocenters. The Morgan fingerprint density at radius 1 is 1.31 bits per heavy atom. The molecular weight excluding hydrogens is 212 g/mol. The van der Waals surface area contributed by atoms with E-state index in [2.05, 4.69) is 37.1 Å². The van der Waals surface area contributed by atoms with E-state index in [-0.39, 0.29) is 0 Å². The summed E-state index contributed by atoms with van der Waals surface area (Å²) in [5.41, 5.74) is 3.10. The highest BCUT2D eigenvalue weighted by Gasteiger charge is 2.11. The van der Waals surface area contributed by atoms with E-state index >= 15 is 0 Å². The number of nitrogens with zero attached hydrogens (tertiary/aromatic N) is 1. The molecule has 0 saturated carbocycles. The van der Waals surface area contributed by atoms with Gasteiger partial charge in [0.2, 0.25) is 0 Å². The second kappa shape index (κ2) is 5.29. The standard InChI is InChI=1S/C13H20N2Si/c1-11-7-12(5-6-13(11)8-14)9-15-10-16(2,3)4/h5-7,15H,9-10H2,1-4H3. The normalized spacial score (nSPS) is 11.2. The Bertz CT molecular complexity index is 399. The second-order valence-electron chi connectivity index (χ2n) is 5.43. The van der Waals surface area contributed by atoms with Crippen LogP contribution in [0.15, 0.2) is 18.2 Å². The van der Waals surface area contributed by atoms with E-state index < -0.39 is 8.07 Å². The number of benzene rings is 1. The first-order valence-electron chi connectivity index (χ1n) is 5.63. The van der Waals surface area contributed by atoms with Gasteiger partial charge in [-0.3, -0.25) is 0 Å². The molecule has 0 aliphatic carbocycles. The molecule has 0 aliphatic rings. The molecule has 86 valence electrons. The van der Waals surface area contributed by atoms with Crippen LogP contribution >= 0.6 is 0 Å². The van der Waals surface area contributed by atoms with Gasteiger partial charge >= 0.3 is 0 Å². The van der Waals surface area contributed by atoms with Gasteiger partial charge in [-0.05, 0) is 30.3 Å². The zero-order valence-electron chi connectivity index (χ0n) is 10.6. The van der Waals surface area contributed by atoms with Gasteiger partial charge in [-0.1, -0.05) is 31.8 Å². The zero-order valence-corrected chi connectivity index (χ0v) is 11.6. The Hall–Kier alpha value is -1.11. The number of nitrogens with one attached hydrogen (secondary N) is 1. The molecule has 16 heavy (non-hydrogen) atoms. The Morgan fingerprint density at radius 3 is 2.50 bits per heavy atom. The first-order valence-corrected chi connectivity index (χ1v) is 9.33. The summed E-state index contributed by atoms with van der Waals surface area (Å²) in [6, 6.07) is 8.22. The topological polar surface area (TPSA) is 35.8 Å². The maximum atomic E-state index is 8.83. The van der Waals surface area contributed by atoms with E-state index in [0.29, 0.717) is 0 Å². The molecule has 0 saturated heterocycles. The minimum atomic E-state index is -1.01. The number of rotatable bonds is 4. The number of nitriles is 1. The molecule has 1 aromatic carbocycles. The summed E-state index contributed by atoms with van der Waals surface area (Å²) in [5.74, 6) is 0. The minimum absolute atomic E-state index is 0.772. The molecule has 0 radical (unpaired) electrons. The maximum Gasteiger partial charge on any atom is 0.0994 e. The third-order valence-electron chi connectivity index (χ3n) is 2.40. The van der Waals surface area contributed by atoms with Gasteiger partial charge in [-0.2, -0.15) is 5.26 Å². The molecule has 0 aliphatic heterocycles. The Balaban J connectivity index is 2.57. The van der Waals surface area contributed by atoms with Crippen molar-refractivity contribution in [3.63, 3.8) is 0 Å². The third-order valence-corrected chi connectivity index (χ3v) is 3.71. The van der Waals surface area contributed by atoms with Gasteiger partial charge < -0.3 is 5.32 Å². The fourth-order valence-electron chi connectivity index (χ4n) is 1.54. The first kappa shape index (κ1) is 13.0. The zero-order chi connectivity index (χ0) is 12.2. The van der Waals surface area contributed by atoms with Crippen LogP contribution in [0.2, 0.25) is 19.6 Å². The van der Waals surface area contributed by atoms with Gasteiger partial charge in [-0.25, -0.2) is 0 Å². The van der Waals surface area contributed by atoms with Crippen LogP contribution in [0.1, 0.15) is 16.7 Å². The quantitative estimate of drug-likeness (QED) is 0.810. The maximum absolute atomic E-state index is 8.83. The van der Waals surface area contributed by atoms with Gasteiger partial charge in [0, 0.05) is 6.54 Å². The molecule has 0 fully saturated rings. The Kier molecular flexibility index (Phi) is 4.28. The summed E-state index contributed by atoms with van der Waals surface area (Å²) in [7, 11) is -1.01. The van der Waals surface area contributed by atoms with Crippen molar-refractivity contribution in [2.75, 3.05) is 6.17 Å². The van der Waals surface area contributed by atoms with E-state index in [0.717, 1.165) is 23.8 Å². The fourth-order valence-corrected chi connectivity index (χ4v) is 2.42. The Labute approximate surface area is 99.3 Å². The van der Waals surface area contributed by atoms with Crippen molar-refractivity contribution < 1.29 is 0 Å². The van der Waals surface area contributed by atoms with Gasteiger partial charge in [0.1, 0.15) is 0 Å². The number of aryl methyl sites for hydroxylation is 1. The molecule has 1 N–H and O–H groups in total. The van der Waals surface area contributed by atoms with E-state index in [1.807, 2.05) is 19.1 Å². The summed E-state index contributed by atoms with van der Waals surface area (Å²) in [5, 5.41) is 12.3. The highest BCUT2D eigenvalue weighted by atomic mass is 28.3. The summed E-state index contributed by atoms with van der Waals surface area (Å²) < 4.78 is 0. The molecule has 0 heterocycles. The molecule has 0 atom stereocenters. The predicted molar refractivity (Wildman–Crippen MR) is 70.9 cm³/mol. The lowest BCUT2D eigenvalue weighted by Gasteiger charge is -2.16. The van der Waals surface area contributed by atoms with Crippen LogP contribution in [0.4, 0.5) is 0 Å². The van der Waals surface area contributed by atoms with E-state index in [1.165, 1.54) is 5.56 Å². The van der Waals surface area contributed by atoms with Crippen molar-refractivity contribution in [1.29, 1.82) is 5.26 Å². The van der Waals surface area contributed by atoms with Crippen molar-refractivity contribution in [2.45, 2.75) is 33.1 Å². The summed E-state index contributed by atoms with van der Waals surface area (Å²) in [6.45, 7) is 9.94. The summed E-state index contributed by atoms with van der Waals surface area (Å²) >= 11 is 0. The Morgan fingerprint density at radius 2 is 2.00 bits per heavy atom. The SMILES string of the molecule is Cc1cc(CNC[Si](C)(C)C)ccc1C#N. The van der Waals surface area contributed by atoms with Crippen LogP contribution in [0.5, 0.6) is 0 Å².